The van der Waals surface area contributed by atoms with E-state index in [4.69, 9.17) is 4.74 Å². The Morgan fingerprint density at radius 2 is 2.09 bits per heavy atom. The van der Waals surface area contributed by atoms with Gasteiger partial charge in [-0.25, -0.2) is 9.78 Å². The molecule has 0 spiro atoms. The van der Waals surface area contributed by atoms with Crippen molar-refractivity contribution in [2.45, 2.75) is 25.2 Å². The molecule has 2 rings (SSSR count). The Balaban J connectivity index is 1.68. The first-order chi connectivity index (χ1) is 11.1. The molecule has 2 unspecified atom stereocenters. The summed E-state index contributed by atoms with van der Waals surface area (Å²) in [6.07, 6.45) is 0.632. The predicted octanol–water partition coefficient (Wildman–Crippen LogP) is 1.13. The van der Waals surface area contributed by atoms with Crippen LogP contribution in [0, 0.1) is 0 Å². The fourth-order valence-corrected chi connectivity index (χ4v) is 2.10. The predicted molar refractivity (Wildman–Crippen MR) is 83.4 cm³/mol. The number of nitrogens with zero attached hydrogens (tertiary/aromatic N) is 2. The highest BCUT2D eigenvalue weighted by atomic mass is 16.5. The number of nitrogens with one attached hydrogen (secondary N) is 1. The Labute approximate surface area is 134 Å². The average Bonchev–Trinajstić information content (AvgIpc) is 2.99. The van der Waals surface area contributed by atoms with Gasteiger partial charge in [-0.05, 0) is 12.0 Å². The smallest absolute Gasteiger partial charge is 0.407 e. The highest BCUT2D eigenvalue weighted by molar-refractivity contribution is 5.67. The van der Waals surface area contributed by atoms with Gasteiger partial charge in [0.2, 0.25) is 0 Å². The number of ether oxygens (including phenoxy) is 1. The molecule has 0 radical (unpaired) electrons. The van der Waals surface area contributed by atoms with E-state index in [1.54, 1.807) is 17.9 Å². The Bertz CT molecular complexity index is 615. The first-order valence-corrected chi connectivity index (χ1v) is 7.35. The first-order valence-electron chi connectivity index (χ1n) is 7.35. The highest BCUT2D eigenvalue weighted by Crippen LogP contribution is 2.17. The maximum atomic E-state index is 11.6. The monoisotopic (exact) mass is 319 g/mol. The number of aromatic nitrogens is 2. The van der Waals surface area contributed by atoms with Crippen LogP contribution in [0.1, 0.15) is 23.8 Å². The molecule has 124 valence electrons. The van der Waals surface area contributed by atoms with E-state index in [0.717, 1.165) is 5.56 Å². The number of hydrogen-bond acceptors (Lipinski definition) is 5. The largest absolute Gasteiger partial charge is 0.445 e. The number of carbonyl (C=O) groups is 1. The van der Waals surface area contributed by atoms with Gasteiger partial charge in [0.25, 0.3) is 0 Å². The van der Waals surface area contributed by atoms with E-state index in [1.807, 2.05) is 30.3 Å². The molecule has 0 saturated heterocycles. The molecule has 7 heteroatoms. The van der Waals surface area contributed by atoms with Gasteiger partial charge in [-0.15, -0.1) is 0 Å². The summed E-state index contributed by atoms with van der Waals surface area (Å²) >= 11 is 0. The topological polar surface area (TPSA) is 96.6 Å². The van der Waals surface area contributed by atoms with Crippen LogP contribution in [0.25, 0.3) is 0 Å². The molecule has 23 heavy (non-hydrogen) atoms. The third-order valence-corrected chi connectivity index (χ3v) is 3.44. The van der Waals surface area contributed by atoms with Crippen molar-refractivity contribution in [1.29, 1.82) is 0 Å². The van der Waals surface area contributed by atoms with Crippen molar-refractivity contribution in [1.82, 2.24) is 14.9 Å². The van der Waals surface area contributed by atoms with Gasteiger partial charge in [-0.1, -0.05) is 30.3 Å². The quantitative estimate of drug-likeness (QED) is 0.711. The van der Waals surface area contributed by atoms with Gasteiger partial charge in [0, 0.05) is 13.6 Å². The first kappa shape index (κ1) is 17.0. The van der Waals surface area contributed by atoms with Crippen LogP contribution in [-0.4, -0.2) is 38.5 Å². The second kappa shape index (κ2) is 8.30. The third-order valence-electron chi connectivity index (χ3n) is 3.44. The van der Waals surface area contributed by atoms with Crippen molar-refractivity contribution in [3.8, 4) is 0 Å². The van der Waals surface area contributed by atoms with Gasteiger partial charge < -0.3 is 24.8 Å². The molecule has 0 aliphatic heterocycles. The van der Waals surface area contributed by atoms with E-state index in [1.165, 1.54) is 6.20 Å². The van der Waals surface area contributed by atoms with Crippen molar-refractivity contribution in [3.63, 3.8) is 0 Å². The summed E-state index contributed by atoms with van der Waals surface area (Å²) in [5.41, 5.74) is 1.42. The zero-order valence-corrected chi connectivity index (χ0v) is 12.9. The molecule has 2 aromatic rings. The third kappa shape index (κ3) is 5.08. The minimum Gasteiger partial charge on any atom is -0.445 e. The number of rotatable bonds is 7. The zero-order chi connectivity index (χ0) is 16.7. The lowest BCUT2D eigenvalue weighted by atomic mass is 10.1. The zero-order valence-electron chi connectivity index (χ0n) is 12.9. The lowest BCUT2D eigenvalue weighted by Crippen LogP contribution is -2.30. The maximum absolute atomic E-state index is 11.6. The van der Waals surface area contributed by atoms with Crippen LogP contribution in [0.5, 0.6) is 0 Å². The second-order valence-corrected chi connectivity index (χ2v) is 5.22. The molecular formula is C16H21N3O4. The molecule has 0 fully saturated rings. The van der Waals surface area contributed by atoms with Crippen LogP contribution in [0.4, 0.5) is 4.79 Å². The summed E-state index contributed by atoms with van der Waals surface area (Å²) in [5.74, 6) is 0. The van der Waals surface area contributed by atoms with Gasteiger partial charge in [-0.2, -0.15) is 0 Å². The SMILES string of the molecule is Cn1cncc1C(O)C(O)CCNC(=O)OCc1ccccc1. The van der Waals surface area contributed by atoms with Gasteiger partial charge in [0.15, 0.2) is 0 Å². The lowest BCUT2D eigenvalue weighted by molar-refractivity contribution is 0.00954. The summed E-state index contributed by atoms with van der Waals surface area (Å²) in [6.45, 7) is 0.385. The van der Waals surface area contributed by atoms with E-state index >= 15 is 0 Å². The molecule has 0 bridgehead atoms. The van der Waals surface area contributed by atoms with Crippen LogP contribution < -0.4 is 5.32 Å². The van der Waals surface area contributed by atoms with Gasteiger partial charge in [0.1, 0.15) is 12.7 Å². The van der Waals surface area contributed by atoms with Gasteiger partial charge in [0.05, 0.1) is 24.3 Å². The molecule has 1 amide bonds. The standard InChI is InChI=1S/C16H21N3O4/c1-19-11-17-9-13(19)15(21)14(20)7-8-18-16(22)23-10-12-5-3-2-4-6-12/h2-6,9,11,14-15,20-21H,7-8,10H2,1H3,(H,18,22). The Morgan fingerprint density at radius 1 is 1.35 bits per heavy atom. The molecular weight excluding hydrogens is 298 g/mol. The molecule has 2 atom stereocenters. The van der Waals surface area contributed by atoms with Crippen LogP contribution in [0.2, 0.25) is 0 Å². The normalized spacial score (nSPS) is 13.3. The number of aliphatic hydroxyl groups is 2. The Hall–Kier alpha value is -2.38. The van der Waals surface area contributed by atoms with Gasteiger partial charge in [-0.3, -0.25) is 0 Å². The Morgan fingerprint density at radius 3 is 2.74 bits per heavy atom. The van der Waals surface area contributed by atoms with E-state index in [-0.39, 0.29) is 19.6 Å². The van der Waals surface area contributed by atoms with Crippen molar-refractivity contribution in [3.05, 3.63) is 54.1 Å². The van der Waals surface area contributed by atoms with E-state index in [2.05, 4.69) is 10.3 Å². The van der Waals surface area contributed by atoms with Crippen LogP contribution in [-0.2, 0) is 18.4 Å². The van der Waals surface area contributed by atoms with Crippen molar-refractivity contribution >= 4 is 6.09 Å². The number of aliphatic hydroxyl groups excluding tert-OH is 2. The number of carbonyl (C=O) groups excluding carboxylic acids is 1. The van der Waals surface area contributed by atoms with Crippen molar-refractivity contribution in [2.24, 2.45) is 7.05 Å². The molecule has 1 heterocycles. The average molecular weight is 319 g/mol. The summed E-state index contributed by atoms with van der Waals surface area (Å²) in [7, 11) is 1.73. The number of alkyl carbamates (subject to hydrolysis) is 1. The van der Waals surface area contributed by atoms with Crippen molar-refractivity contribution < 1.29 is 19.7 Å². The van der Waals surface area contributed by atoms with E-state index < -0.39 is 18.3 Å². The minimum atomic E-state index is -1.05. The second-order valence-electron chi connectivity index (χ2n) is 5.22. The number of benzene rings is 1. The molecule has 1 aromatic heterocycles. The fourth-order valence-electron chi connectivity index (χ4n) is 2.10. The van der Waals surface area contributed by atoms with E-state index in [9.17, 15) is 15.0 Å². The van der Waals surface area contributed by atoms with Gasteiger partial charge >= 0.3 is 6.09 Å². The fraction of sp³-hybridized carbons (Fsp3) is 0.375. The van der Waals surface area contributed by atoms with Crippen LogP contribution in [0.3, 0.4) is 0 Å². The van der Waals surface area contributed by atoms with Crippen molar-refractivity contribution in [2.75, 3.05) is 6.54 Å². The summed E-state index contributed by atoms with van der Waals surface area (Å²) in [4.78, 5) is 15.4. The van der Waals surface area contributed by atoms with E-state index in [0.29, 0.717) is 5.69 Å². The highest BCUT2D eigenvalue weighted by Gasteiger charge is 2.20. The molecule has 0 aliphatic carbocycles. The molecule has 0 saturated carbocycles. The molecule has 0 aliphatic rings. The number of hydrogen-bond donors (Lipinski definition) is 3. The Kier molecular flexibility index (Phi) is 6.13. The minimum absolute atomic E-state index is 0.187. The summed E-state index contributed by atoms with van der Waals surface area (Å²) in [6, 6.07) is 9.35. The maximum Gasteiger partial charge on any atom is 0.407 e. The molecule has 3 N–H and O–H groups in total. The van der Waals surface area contributed by atoms with Crippen LogP contribution in [0.15, 0.2) is 42.9 Å². The number of imidazole rings is 1. The molecule has 1 aromatic carbocycles. The van der Waals surface area contributed by atoms with Crippen LogP contribution >= 0.6 is 0 Å². The lowest BCUT2D eigenvalue weighted by Gasteiger charge is -2.18. The molecule has 7 nitrogen and oxygen atoms in total. The summed E-state index contributed by atoms with van der Waals surface area (Å²) < 4.78 is 6.69. The number of aryl methyl sites for hydroxylation is 1. The number of amides is 1. The summed E-state index contributed by atoms with van der Waals surface area (Å²) in [5, 5.41) is 22.5.